The maximum atomic E-state index is 13.5. The van der Waals surface area contributed by atoms with Gasteiger partial charge in [-0.3, -0.25) is 15.6 Å². The van der Waals surface area contributed by atoms with Crippen molar-refractivity contribution < 1.29 is 27.1 Å². The van der Waals surface area contributed by atoms with Crippen molar-refractivity contribution in [3.05, 3.63) is 54.2 Å². The third-order valence-corrected chi connectivity index (χ3v) is 2.36. The SMILES string of the molecule is O=C(NNc1ccc(F)cn1)C(F)(F)Oc1ccc(F)cc1. The maximum absolute atomic E-state index is 13.5. The van der Waals surface area contributed by atoms with E-state index < -0.39 is 23.7 Å². The summed E-state index contributed by atoms with van der Waals surface area (Å²) < 4.78 is 56.5. The molecule has 1 aromatic heterocycles. The second kappa shape index (κ2) is 6.29. The van der Waals surface area contributed by atoms with Gasteiger partial charge in [-0.1, -0.05) is 0 Å². The molecule has 0 aliphatic rings. The second-order valence-corrected chi connectivity index (χ2v) is 4.01. The first-order chi connectivity index (χ1) is 10.4. The summed E-state index contributed by atoms with van der Waals surface area (Å²) in [6.45, 7) is 0. The number of hydrazine groups is 1. The highest BCUT2D eigenvalue weighted by Crippen LogP contribution is 2.22. The van der Waals surface area contributed by atoms with Crippen LogP contribution in [-0.2, 0) is 4.79 Å². The summed E-state index contributed by atoms with van der Waals surface area (Å²) in [4.78, 5) is 14.8. The smallest absolute Gasteiger partial charge is 0.425 e. The molecule has 0 radical (unpaired) electrons. The lowest BCUT2D eigenvalue weighted by Gasteiger charge is -2.17. The van der Waals surface area contributed by atoms with E-state index >= 15 is 0 Å². The van der Waals surface area contributed by atoms with Crippen molar-refractivity contribution in [3.63, 3.8) is 0 Å². The van der Waals surface area contributed by atoms with E-state index in [9.17, 15) is 22.4 Å². The molecule has 0 bridgehead atoms. The lowest BCUT2D eigenvalue weighted by atomic mass is 10.3. The third-order valence-electron chi connectivity index (χ3n) is 2.36. The summed E-state index contributed by atoms with van der Waals surface area (Å²) in [7, 11) is 0. The zero-order valence-corrected chi connectivity index (χ0v) is 10.8. The Kier molecular flexibility index (Phi) is 4.44. The van der Waals surface area contributed by atoms with Crippen molar-refractivity contribution in [1.29, 1.82) is 0 Å². The zero-order valence-electron chi connectivity index (χ0n) is 10.8. The molecule has 0 atom stereocenters. The van der Waals surface area contributed by atoms with E-state index in [1.54, 1.807) is 5.43 Å². The summed E-state index contributed by atoms with van der Waals surface area (Å²) in [6, 6.07) is 5.87. The lowest BCUT2D eigenvalue weighted by molar-refractivity contribution is -0.192. The van der Waals surface area contributed by atoms with Crippen LogP contribution in [-0.4, -0.2) is 17.0 Å². The molecule has 0 aliphatic heterocycles. The Morgan fingerprint density at radius 3 is 2.27 bits per heavy atom. The van der Waals surface area contributed by atoms with Crippen LogP contribution in [0, 0.1) is 11.6 Å². The molecule has 1 aromatic carbocycles. The molecule has 0 fully saturated rings. The Morgan fingerprint density at radius 1 is 1.05 bits per heavy atom. The number of ether oxygens (including phenoxy) is 1. The summed E-state index contributed by atoms with van der Waals surface area (Å²) in [5.41, 5.74) is 3.74. The Bertz CT molecular complexity index is 647. The molecule has 9 heteroatoms. The van der Waals surface area contributed by atoms with Crippen LogP contribution >= 0.6 is 0 Å². The van der Waals surface area contributed by atoms with Gasteiger partial charge in [-0.2, -0.15) is 8.78 Å². The molecule has 5 nitrogen and oxygen atoms in total. The van der Waals surface area contributed by atoms with Crippen LogP contribution in [0.15, 0.2) is 42.6 Å². The van der Waals surface area contributed by atoms with Gasteiger partial charge < -0.3 is 4.74 Å². The summed E-state index contributed by atoms with van der Waals surface area (Å²) in [5.74, 6) is -3.50. The number of aromatic nitrogens is 1. The molecule has 22 heavy (non-hydrogen) atoms. The first-order valence-corrected chi connectivity index (χ1v) is 5.87. The van der Waals surface area contributed by atoms with Gasteiger partial charge in [0.05, 0.1) is 6.20 Å². The number of halogens is 4. The first-order valence-electron chi connectivity index (χ1n) is 5.87. The number of benzene rings is 1. The lowest BCUT2D eigenvalue weighted by Crippen LogP contribution is -2.46. The van der Waals surface area contributed by atoms with Crippen molar-refractivity contribution in [1.82, 2.24) is 10.4 Å². The Morgan fingerprint density at radius 2 is 1.68 bits per heavy atom. The minimum Gasteiger partial charge on any atom is -0.425 e. The number of rotatable bonds is 5. The molecular formula is C13H9F4N3O2. The van der Waals surface area contributed by atoms with Crippen molar-refractivity contribution in [2.24, 2.45) is 0 Å². The molecular weight excluding hydrogens is 306 g/mol. The number of alkyl halides is 2. The fourth-order valence-electron chi connectivity index (χ4n) is 1.34. The number of hydrogen-bond donors (Lipinski definition) is 2. The van der Waals surface area contributed by atoms with Crippen LogP contribution in [0.25, 0.3) is 0 Å². The number of carbonyl (C=O) groups is 1. The topological polar surface area (TPSA) is 63.2 Å². The van der Waals surface area contributed by atoms with Crippen molar-refractivity contribution in [2.75, 3.05) is 5.43 Å². The normalized spacial score (nSPS) is 10.9. The molecule has 1 heterocycles. The highest BCUT2D eigenvalue weighted by molar-refractivity contribution is 5.83. The van der Waals surface area contributed by atoms with E-state index in [2.05, 4.69) is 15.1 Å². The second-order valence-electron chi connectivity index (χ2n) is 4.01. The van der Waals surface area contributed by atoms with Crippen LogP contribution in [0.2, 0.25) is 0 Å². The third kappa shape index (κ3) is 4.08. The highest BCUT2D eigenvalue weighted by atomic mass is 19.3. The van der Waals surface area contributed by atoms with Crippen molar-refractivity contribution in [3.8, 4) is 5.75 Å². The fourth-order valence-corrected chi connectivity index (χ4v) is 1.34. The monoisotopic (exact) mass is 315 g/mol. The van der Waals surface area contributed by atoms with E-state index in [1.165, 1.54) is 0 Å². The minimum absolute atomic E-state index is 0.0488. The fraction of sp³-hybridized carbons (Fsp3) is 0.0769. The average molecular weight is 315 g/mol. The summed E-state index contributed by atoms with van der Waals surface area (Å²) in [6.07, 6.45) is -3.37. The molecule has 0 aliphatic carbocycles. The van der Waals surface area contributed by atoms with E-state index in [1.807, 2.05) is 0 Å². The van der Waals surface area contributed by atoms with Crippen LogP contribution < -0.4 is 15.6 Å². The first kappa shape index (κ1) is 15.5. The highest BCUT2D eigenvalue weighted by Gasteiger charge is 2.42. The van der Waals surface area contributed by atoms with Gasteiger partial charge >= 0.3 is 12.0 Å². The van der Waals surface area contributed by atoms with Crippen molar-refractivity contribution >= 4 is 11.7 Å². The molecule has 2 rings (SSSR count). The van der Waals surface area contributed by atoms with E-state index in [-0.39, 0.29) is 11.6 Å². The standard InChI is InChI=1S/C13H9F4N3O2/c14-8-1-4-10(5-2-8)22-13(16,17)12(21)20-19-11-6-3-9(15)7-18-11/h1-7H,(H,18,19)(H,20,21). The van der Waals surface area contributed by atoms with E-state index in [4.69, 9.17) is 0 Å². The van der Waals surface area contributed by atoms with Gasteiger partial charge in [-0.05, 0) is 36.4 Å². The Balaban J connectivity index is 1.94. The minimum atomic E-state index is -4.20. The number of nitrogens with zero attached hydrogens (tertiary/aromatic N) is 1. The van der Waals surface area contributed by atoms with Crippen LogP contribution in [0.3, 0.4) is 0 Å². The maximum Gasteiger partial charge on any atom is 0.484 e. The van der Waals surface area contributed by atoms with Gasteiger partial charge in [0.2, 0.25) is 0 Å². The Labute approximate surface area is 121 Å². The van der Waals surface area contributed by atoms with Crippen LogP contribution in [0.5, 0.6) is 5.75 Å². The predicted molar refractivity (Wildman–Crippen MR) is 67.9 cm³/mol. The summed E-state index contributed by atoms with van der Waals surface area (Å²) >= 11 is 0. The Hall–Kier alpha value is -2.84. The van der Waals surface area contributed by atoms with Gasteiger partial charge in [0, 0.05) is 0 Å². The number of anilines is 1. The molecule has 2 aromatic rings. The van der Waals surface area contributed by atoms with Gasteiger partial charge in [0.15, 0.2) is 0 Å². The number of nitrogens with one attached hydrogen (secondary N) is 2. The summed E-state index contributed by atoms with van der Waals surface area (Å²) in [5, 5.41) is 0. The van der Waals surface area contributed by atoms with Crippen LogP contribution in [0.4, 0.5) is 23.4 Å². The molecule has 1 amide bonds. The van der Waals surface area contributed by atoms with Gasteiger partial charge in [0.25, 0.3) is 0 Å². The molecule has 0 spiro atoms. The average Bonchev–Trinajstić information content (AvgIpc) is 2.48. The van der Waals surface area contributed by atoms with Gasteiger partial charge in [-0.15, -0.1) is 0 Å². The molecule has 116 valence electrons. The molecule has 0 saturated heterocycles. The molecule has 0 unspecified atom stereocenters. The van der Waals surface area contributed by atoms with Crippen molar-refractivity contribution in [2.45, 2.75) is 6.11 Å². The van der Waals surface area contributed by atoms with E-state index in [0.717, 1.165) is 42.6 Å². The van der Waals surface area contributed by atoms with E-state index in [0.29, 0.717) is 0 Å². The molecule has 2 N–H and O–H groups in total. The molecule has 0 saturated carbocycles. The van der Waals surface area contributed by atoms with Crippen LogP contribution in [0.1, 0.15) is 0 Å². The quantitative estimate of drug-likeness (QED) is 0.657. The zero-order chi connectivity index (χ0) is 16.2. The number of hydrogen-bond acceptors (Lipinski definition) is 4. The van der Waals surface area contributed by atoms with Gasteiger partial charge in [0.1, 0.15) is 23.2 Å². The number of carbonyl (C=O) groups excluding carboxylic acids is 1. The predicted octanol–water partition coefficient (Wildman–Crippen LogP) is 2.47. The largest absolute Gasteiger partial charge is 0.484 e. The van der Waals surface area contributed by atoms with Gasteiger partial charge in [-0.25, -0.2) is 13.8 Å². The number of amides is 1. The number of pyridine rings is 1.